The highest BCUT2D eigenvalue weighted by atomic mass is 16.5. The lowest BCUT2D eigenvalue weighted by atomic mass is 10.2. The van der Waals surface area contributed by atoms with Crippen molar-refractivity contribution in [1.29, 1.82) is 0 Å². The van der Waals surface area contributed by atoms with Crippen LogP contribution in [-0.4, -0.2) is 36.0 Å². The van der Waals surface area contributed by atoms with Gasteiger partial charge in [-0.25, -0.2) is 0 Å². The minimum absolute atomic E-state index is 0.199. The third kappa shape index (κ3) is 4.06. The number of ether oxygens (including phenoxy) is 2. The zero-order valence-corrected chi connectivity index (χ0v) is 12.4. The molecule has 0 aliphatic heterocycles. The summed E-state index contributed by atoms with van der Waals surface area (Å²) in [6.45, 7) is 2.83. The fourth-order valence-corrected chi connectivity index (χ4v) is 1.89. The Morgan fingerprint density at radius 3 is 2.81 bits per heavy atom. The summed E-state index contributed by atoms with van der Waals surface area (Å²) in [5.41, 5.74) is 1.38. The molecule has 0 radical (unpaired) electrons. The lowest BCUT2D eigenvalue weighted by Gasteiger charge is -2.08. The fourth-order valence-electron chi connectivity index (χ4n) is 1.89. The summed E-state index contributed by atoms with van der Waals surface area (Å²) in [4.78, 5) is 12.2. The summed E-state index contributed by atoms with van der Waals surface area (Å²) >= 11 is 0. The second kappa shape index (κ2) is 6.90. The van der Waals surface area contributed by atoms with E-state index in [-0.39, 0.29) is 5.91 Å². The number of aromatic nitrogens is 2. The number of aryl methyl sites for hydroxylation is 2. The van der Waals surface area contributed by atoms with Gasteiger partial charge in [-0.1, -0.05) is 6.07 Å². The maximum atomic E-state index is 12.2. The molecule has 1 aromatic heterocycles. The summed E-state index contributed by atoms with van der Waals surface area (Å²) < 4.78 is 12.0. The van der Waals surface area contributed by atoms with Crippen LogP contribution >= 0.6 is 0 Å². The maximum absolute atomic E-state index is 12.2. The summed E-state index contributed by atoms with van der Waals surface area (Å²) in [6.07, 6.45) is 0. The van der Waals surface area contributed by atoms with E-state index in [9.17, 15) is 4.79 Å². The number of rotatable bonds is 6. The molecule has 112 valence electrons. The molecule has 0 fully saturated rings. The van der Waals surface area contributed by atoms with Gasteiger partial charge >= 0.3 is 0 Å². The number of anilines is 1. The molecule has 0 bridgehead atoms. The van der Waals surface area contributed by atoms with Crippen LogP contribution in [-0.2, 0) is 11.8 Å². The highest BCUT2D eigenvalue weighted by Crippen LogP contribution is 2.15. The van der Waals surface area contributed by atoms with E-state index in [1.807, 2.05) is 13.0 Å². The summed E-state index contributed by atoms with van der Waals surface area (Å²) in [7, 11) is 3.40. The molecule has 0 spiro atoms. The van der Waals surface area contributed by atoms with Crippen LogP contribution in [0.25, 0.3) is 0 Å². The standard InChI is InChI=1S/C15H19N3O3/c1-11-9-14(18(2)17-11)16-15(19)12-5-4-6-13(10-12)21-8-7-20-3/h4-6,9-10H,7-8H2,1-3H3,(H,16,19). The Bertz CT molecular complexity index is 622. The van der Waals surface area contributed by atoms with Crippen molar-refractivity contribution in [3.63, 3.8) is 0 Å². The van der Waals surface area contributed by atoms with E-state index in [4.69, 9.17) is 9.47 Å². The number of nitrogens with one attached hydrogen (secondary N) is 1. The van der Waals surface area contributed by atoms with Crippen molar-refractivity contribution in [2.24, 2.45) is 7.05 Å². The smallest absolute Gasteiger partial charge is 0.256 e. The van der Waals surface area contributed by atoms with Gasteiger partial charge < -0.3 is 14.8 Å². The van der Waals surface area contributed by atoms with Gasteiger partial charge in [0.15, 0.2) is 0 Å². The van der Waals surface area contributed by atoms with E-state index in [0.717, 1.165) is 5.69 Å². The molecule has 0 aliphatic carbocycles. The van der Waals surface area contributed by atoms with Crippen LogP contribution in [0.15, 0.2) is 30.3 Å². The number of nitrogens with zero attached hydrogens (tertiary/aromatic N) is 2. The lowest BCUT2D eigenvalue weighted by Crippen LogP contribution is -2.14. The molecule has 0 saturated heterocycles. The third-order valence-electron chi connectivity index (χ3n) is 2.90. The third-order valence-corrected chi connectivity index (χ3v) is 2.90. The Morgan fingerprint density at radius 1 is 1.33 bits per heavy atom. The molecule has 2 aromatic rings. The van der Waals surface area contributed by atoms with Crippen molar-refractivity contribution in [1.82, 2.24) is 9.78 Å². The molecule has 0 aliphatic rings. The molecule has 0 atom stereocenters. The van der Waals surface area contributed by atoms with Crippen molar-refractivity contribution >= 4 is 11.7 Å². The number of carbonyl (C=O) groups is 1. The minimum atomic E-state index is -0.199. The van der Waals surface area contributed by atoms with Crippen LogP contribution in [0.4, 0.5) is 5.82 Å². The van der Waals surface area contributed by atoms with Gasteiger partial charge in [-0.3, -0.25) is 9.48 Å². The van der Waals surface area contributed by atoms with Crippen LogP contribution in [0.1, 0.15) is 16.1 Å². The molecule has 0 saturated carbocycles. The van der Waals surface area contributed by atoms with Gasteiger partial charge in [0, 0.05) is 25.8 Å². The molecule has 0 unspecified atom stereocenters. The molecule has 1 aromatic carbocycles. The first kappa shape index (κ1) is 15.1. The summed E-state index contributed by atoms with van der Waals surface area (Å²) in [5.74, 6) is 1.10. The van der Waals surface area contributed by atoms with Crippen LogP contribution in [0.3, 0.4) is 0 Å². The number of methoxy groups -OCH3 is 1. The van der Waals surface area contributed by atoms with E-state index >= 15 is 0 Å². The van der Waals surface area contributed by atoms with Crippen LogP contribution < -0.4 is 10.1 Å². The Morgan fingerprint density at radius 2 is 2.14 bits per heavy atom. The van der Waals surface area contributed by atoms with Gasteiger partial charge in [-0.2, -0.15) is 5.10 Å². The van der Waals surface area contributed by atoms with Gasteiger partial charge in [0.1, 0.15) is 18.2 Å². The number of benzene rings is 1. The largest absolute Gasteiger partial charge is 0.491 e. The Hall–Kier alpha value is -2.34. The molecule has 1 amide bonds. The van der Waals surface area contributed by atoms with Gasteiger partial charge in [0.25, 0.3) is 5.91 Å². The zero-order chi connectivity index (χ0) is 15.2. The quantitative estimate of drug-likeness (QED) is 0.826. The minimum Gasteiger partial charge on any atom is -0.491 e. The van der Waals surface area contributed by atoms with Crippen molar-refractivity contribution in [3.8, 4) is 5.75 Å². The predicted octanol–water partition coefficient (Wildman–Crippen LogP) is 2.01. The topological polar surface area (TPSA) is 65.4 Å². The van der Waals surface area contributed by atoms with E-state index in [2.05, 4.69) is 10.4 Å². The number of amides is 1. The van der Waals surface area contributed by atoms with Crippen molar-refractivity contribution in [2.45, 2.75) is 6.92 Å². The first-order valence-corrected chi connectivity index (χ1v) is 6.64. The van der Waals surface area contributed by atoms with Crippen molar-refractivity contribution in [3.05, 3.63) is 41.6 Å². The monoisotopic (exact) mass is 289 g/mol. The van der Waals surface area contributed by atoms with Crippen molar-refractivity contribution in [2.75, 3.05) is 25.6 Å². The average molecular weight is 289 g/mol. The second-order valence-corrected chi connectivity index (χ2v) is 4.62. The number of hydrogen-bond acceptors (Lipinski definition) is 4. The molecular formula is C15H19N3O3. The first-order chi connectivity index (χ1) is 10.1. The van der Waals surface area contributed by atoms with Gasteiger partial charge in [0.05, 0.1) is 12.3 Å². The lowest BCUT2D eigenvalue weighted by molar-refractivity contribution is 0.102. The van der Waals surface area contributed by atoms with Gasteiger partial charge in [-0.15, -0.1) is 0 Å². The maximum Gasteiger partial charge on any atom is 0.256 e. The second-order valence-electron chi connectivity index (χ2n) is 4.62. The van der Waals surface area contributed by atoms with E-state index in [0.29, 0.717) is 30.3 Å². The SMILES string of the molecule is COCCOc1cccc(C(=O)Nc2cc(C)nn2C)c1. The zero-order valence-electron chi connectivity index (χ0n) is 12.4. The van der Waals surface area contributed by atoms with Crippen LogP contribution in [0.5, 0.6) is 5.75 Å². The normalized spacial score (nSPS) is 10.4. The highest BCUT2D eigenvalue weighted by molar-refractivity contribution is 6.04. The van der Waals surface area contributed by atoms with Gasteiger partial charge in [-0.05, 0) is 25.1 Å². The molecular weight excluding hydrogens is 270 g/mol. The molecule has 6 nitrogen and oxygen atoms in total. The Balaban J connectivity index is 2.05. The molecule has 21 heavy (non-hydrogen) atoms. The highest BCUT2D eigenvalue weighted by Gasteiger charge is 2.10. The predicted molar refractivity (Wildman–Crippen MR) is 79.7 cm³/mol. The fraction of sp³-hybridized carbons (Fsp3) is 0.333. The number of hydrogen-bond donors (Lipinski definition) is 1. The Labute approximate surface area is 123 Å². The van der Waals surface area contributed by atoms with E-state index in [1.165, 1.54) is 0 Å². The van der Waals surface area contributed by atoms with Gasteiger partial charge in [0.2, 0.25) is 0 Å². The van der Waals surface area contributed by atoms with Crippen molar-refractivity contribution < 1.29 is 14.3 Å². The molecule has 1 heterocycles. The molecule has 6 heteroatoms. The van der Waals surface area contributed by atoms with Crippen LogP contribution in [0, 0.1) is 6.92 Å². The summed E-state index contributed by atoms with van der Waals surface area (Å²) in [6, 6.07) is 8.85. The Kier molecular flexibility index (Phi) is 4.94. The molecule has 1 N–H and O–H groups in total. The van der Waals surface area contributed by atoms with Crippen LogP contribution in [0.2, 0.25) is 0 Å². The first-order valence-electron chi connectivity index (χ1n) is 6.64. The van der Waals surface area contributed by atoms with E-state index in [1.54, 1.807) is 43.1 Å². The number of carbonyl (C=O) groups excluding carboxylic acids is 1. The average Bonchev–Trinajstić information content (AvgIpc) is 2.77. The summed E-state index contributed by atoms with van der Waals surface area (Å²) in [5, 5.41) is 7.01. The molecule has 2 rings (SSSR count). The van der Waals surface area contributed by atoms with E-state index < -0.39 is 0 Å².